The lowest BCUT2D eigenvalue weighted by molar-refractivity contribution is 0.412. The summed E-state index contributed by atoms with van der Waals surface area (Å²) in [6, 6.07) is 8.56. The van der Waals surface area contributed by atoms with Crippen LogP contribution in [0.3, 0.4) is 0 Å². The van der Waals surface area contributed by atoms with E-state index in [-0.39, 0.29) is 0 Å². The molecule has 2 nitrogen and oxygen atoms in total. The SMILES string of the molecule is CN(C)CCc1cc2ccc(Br)cc2[nH]1. The van der Waals surface area contributed by atoms with E-state index < -0.39 is 0 Å². The van der Waals surface area contributed by atoms with E-state index in [1.807, 2.05) is 0 Å². The number of rotatable bonds is 3. The van der Waals surface area contributed by atoms with Gasteiger partial charge in [0.25, 0.3) is 0 Å². The van der Waals surface area contributed by atoms with Crippen molar-refractivity contribution in [3.63, 3.8) is 0 Å². The van der Waals surface area contributed by atoms with Gasteiger partial charge in [0.05, 0.1) is 0 Å². The lowest BCUT2D eigenvalue weighted by atomic mass is 10.2. The minimum atomic E-state index is 1.07. The van der Waals surface area contributed by atoms with E-state index in [0.29, 0.717) is 0 Å². The second-order valence-corrected chi connectivity index (χ2v) is 5.00. The minimum Gasteiger partial charge on any atom is -0.358 e. The first-order valence-electron chi connectivity index (χ1n) is 5.07. The molecule has 0 spiro atoms. The smallest absolute Gasteiger partial charge is 0.0467 e. The lowest BCUT2D eigenvalue weighted by Gasteiger charge is -2.07. The Kier molecular flexibility index (Phi) is 3.12. The molecule has 1 heterocycles. The van der Waals surface area contributed by atoms with Gasteiger partial charge in [-0.25, -0.2) is 0 Å². The van der Waals surface area contributed by atoms with Crippen LogP contribution < -0.4 is 0 Å². The Morgan fingerprint density at radius 3 is 2.80 bits per heavy atom. The Bertz CT molecular complexity index is 460. The van der Waals surface area contributed by atoms with Crippen molar-refractivity contribution in [3.8, 4) is 0 Å². The van der Waals surface area contributed by atoms with Crippen LogP contribution in [0.5, 0.6) is 0 Å². The number of aromatic amines is 1. The molecule has 0 bridgehead atoms. The molecule has 3 heteroatoms. The van der Waals surface area contributed by atoms with E-state index >= 15 is 0 Å². The number of nitrogens with one attached hydrogen (secondary N) is 1. The van der Waals surface area contributed by atoms with Crippen LogP contribution in [0.15, 0.2) is 28.7 Å². The number of likely N-dealkylation sites (N-methyl/N-ethyl adjacent to an activating group) is 1. The van der Waals surface area contributed by atoms with Crippen molar-refractivity contribution in [2.75, 3.05) is 20.6 Å². The summed E-state index contributed by atoms with van der Waals surface area (Å²) in [5, 5.41) is 1.28. The zero-order chi connectivity index (χ0) is 10.8. The first-order chi connectivity index (χ1) is 7.15. The minimum absolute atomic E-state index is 1.07. The van der Waals surface area contributed by atoms with E-state index in [1.54, 1.807) is 0 Å². The Morgan fingerprint density at radius 2 is 2.07 bits per heavy atom. The molecule has 1 aromatic carbocycles. The Balaban J connectivity index is 2.23. The number of nitrogens with zero attached hydrogens (tertiary/aromatic N) is 1. The molecule has 0 amide bonds. The van der Waals surface area contributed by atoms with Crippen LogP contribution in [0.25, 0.3) is 10.9 Å². The predicted octanol–water partition coefficient (Wildman–Crippen LogP) is 3.03. The maximum absolute atomic E-state index is 3.48. The van der Waals surface area contributed by atoms with Gasteiger partial charge in [-0.05, 0) is 37.7 Å². The molecule has 0 aliphatic carbocycles. The molecule has 0 unspecified atom stereocenters. The fourth-order valence-corrected chi connectivity index (χ4v) is 2.00. The van der Waals surface area contributed by atoms with Gasteiger partial charge in [0.1, 0.15) is 0 Å². The summed E-state index contributed by atoms with van der Waals surface area (Å²) < 4.78 is 1.12. The molecule has 2 aromatic rings. The van der Waals surface area contributed by atoms with Crippen molar-refractivity contribution >= 4 is 26.8 Å². The van der Waals surface area contributed by atoms with Crippen molar-refractivity contribution in [1.29, 1.82) is 0 Å². The van der Waals surface area contributed by atoms with Crippen LogP contribution in [0.2, 0.25) is 0 Å². The maximum atomic E-state index is 3.48. The monoisotopic (exact) mass is 266 g/mol. The molecule has 0 atom stereocenters. The van der Waals surface area contributed by atoms with Crippen molar-refractivity contribution in [3.05, 3.63) is 34.4 Å². The summed E-state index contributed by atoms with van der Waals surface area (Å²) in [4.78, 5) is 5.63. The van der Waals surface area contributed by atoms with Gasteiger partial charge in [-0.1, -0.05) is 22.0 Å². The van der Waals surface area contributed by atoms with Gasteiger partial charge in [-0.2, -0.15) is 0 Å². The van der Waals surface area contributed by atoms with Gasteiger partial charge in [0.2, 0.25) is 0 Å². The van der Waals surface area contributed by atoms with E-state index in [4.69, 9.17) is 0 Å². The maximum Gasteiger partial charge on any atom is 0.0467 e. The van der Waals surface area contributed by atoms with Gasteiger partial charge < -0.3 is 9.88 Å². The molecule has 0 fully saturated rings. The summed E-state index contributed by atoms with van der Waals surface area (Å²) >= 11 is 3.48. The number of aromatic nitrogens is 1. The number of halogens is 1. The second kappa shape index (κ2) is 4.37. The molecule has 1 N–H and O–H groups in total. The summed E-state index contributed by atoms with van der Waals surface area (Å²) in [7, 11) is 4.19. The van der Waals surface area contributed by atoms with Crippen LogP contribution in [-0.2, 0) is 6.42 Å². The average Bonchev–Trinajstić information content (AvgIpc) is 2.56. The summed E-state index contributed by atoms with van der Waals surface area (Å²) in [5.41, 5.74) is 2.51. The fourth-order valence-electron chi connectivity index (χ4n) is 1.64. The molecule has 0 saturated carbocycles. The largest absolute Gasteiger partial charge is 0.358 e. The number of H-pyrrole nitrogens is 1. The second-order valence-electron chi connectivity index (χ2n) is 4.08. The average molecular weight is 267 g/mol. The van der Waals surface area contributed by atoms with Crippen LogP contribution >= 0.6 is 15.9 Å². The zero-order valence-corrected chi connectivity index (χ0v) is 10.6. The molecule has 0 aliphatic rings. The molecule has 0 radical (unpaired) electrons. The quantitative estimate of drug-likeness (QED) is 0.905. The third-order valence-corrected chi connectivity index (χ3v) is 2.96. The van der Waals surface area contributed by atoms with Crippen LogP contribution in [-0.4, -0.2) is 30.5 Å². The van der Waals surface area contributed by atoms with E-state index in [9.17, 15) is 0 Å². The van der Waals surface area contributed by atoms with Crippen molar-refractivity contribution in [1.82, 2.24) is 9.88 Å². The number of fused-ring (bicyclic) bond motifs is 1. The topological polar surface area (TPSA) is 19.0 Å². The van der Waals surface area contributed by atoms with Gasteiger partial charge in [-0.3, -0.25) is 0 Å². The lowest BCUT2D eigenvalue weighted by Crippen LogP contribution is -2.15. The van der Waals surface area contributed by atoms with Crippen LogP contribution in [0, 0.1) is 0 Å². The van der Waals surface area contributed by atoms with Crippen molar-refractivity contribution in [2.24, 2.45) is 0 Å². The third-order valence-electron chi connectivity index (χ3n) is 2.47. The van der Waals surface area contributed by atoms with E-state index in [0.717, 1.165) is 17.4 Å². The van der Waals surface area contributed by atoms with Crippen LogP contribution in [0.1, 0.15) is 5.69 Å². The van der Waals surface area contributed by atoms with Gasteiger partial charge in [0.15, 0.2) is 0 Å². The number of hydrogen-bond acceptors (Lipinski definition) is 1. The van der Waals surface area contributed by atoms with Crippen LogP contribution in [0.4, 0.5) is 0 Å². The Morgan fingerprint density at radius 1 is 1.27 bits per heavy atom. The highest BCUT2D eigenvalue weighted by Gasteiger charge is 2.01. The van der Waals surface area contributed by atoms with Gasteiger partial charge >= 0.3 is 0 Å². The molecule has 80 valence electrons. The predicted molar refractivity (Wildman–Crippen MR) is 68.3 cm³/mol. The normalized spacial score (nSPS) is 11.5. The molecule has 0 saturated heterocycles. The highest BCUT2D eigenvalue weighted by atomic mass is 79.9. The first-order valence-corrected chi connectivity index (χ1v) is 5.86. The molecule has 1 aromatic heterocycles. The van der Waals surface area contributed by atoms with Gasteiger partial charge in [0, 0.05) is 28.6 Å². The number of benzene rings is 1. The summed E-state index contributed by atoms with van der Waals surface area (Å²) in [6.45, 7) is 1.08. The standard InChI is InChI=1S/C12H15BrN2/c1-15(2)6-5-11-7-9-3-4-10(13)8-12(9)14-11/h3-4,7-8,14H,5-6H2,1-2H3. The molecule has 2 rings (SSSR count). The fraction of sp³-hybridized carbons (Fsp3) is 0.333. The van der Waals surface area contributed by atoms with Gasteiger partial charge in [-0.15, -0.1) is 0 Å². The zero-order valence-electron chi connectivity index (χ0n) is 9.05. The molecule has 15 heavy (non-hydrogen) atoms. The Labute approximate surface area is 98.4 Å². The number of hydrogen-bond donors (Lipinski definition) is 1. The molecular weight excluding hydrogens is 252 g/mol. The highest BCUT2D eigenvalue weighted by molar-refractivity contribution is 9.10. The third kappa shape index (κ3) is 2.61. The Hall–Kier alpha value is -0.800. The highest BCUT2D eigenvalue weighted by Crippen LogP contribution is 2.20. The summed E-state index contributed by atoms with van der Waals surface area (Å²) in [6.07, 6.45) is 1.07. The van der Waals surface area contributed by atoms with Crippen molar-refractivity contribution in [2.45, 2.75) is 6.42 Å². The molecule has 0 aliphatic heterocycles. The summed E-state index contributed by atoms with van der Waals surface area (Å²) in [5.74, 6) is 0. The van der Waals surface area contributed by atoms with E-state index in [2.05, 4.69) is 64.2 Å². The molecular formula is C12H15BrN2. The van der Waals surface area contributed by atoms with Crippen molar-refractivity contribution < 1.29 is 0 Å². The van der Waals surface area contributed by atoms with E-state index in [1.165, 1.54) is 16.6 Å². The first kappa shape index (κ1) is 10.7.